The lowest BCUT2D eigenvalue weighted by molar-refractivity contribution is 0.401. The number of benzene rings is 1. The van der Waals surface area contributed by atoms with E-state index in [-0.39, 0.29) is 0 Å². The minimum absolute atomic E-state index is 0.628. The molecule has 0 spiro atoms. The van der Waals surface area contributed by atoms with E-state index in [1.807, 2.05) is 0 Å². The molecule has 0 nitrogen and oxygen atoms in total. The Bertz CT molecular complexity index is 344. The van der Waals surface area contributed by atoms with Crippen molar-refractivity contribution in [1.82, 2.24) is 0 Å². The summed E-state index contributed by atoms with van der Waals surface area (Å²) in [4.78, 5) is 0. The lowest BCUT2D eigenvalue weighted by atomic mass is 9.78. The van der Waals surface area contributed by atoms with Crippen LogP contribution in [0.2, 0.25) is 13.1 Å². The van der Waals surface area contributed by atoms with E-state index in [2.05, 4.69) is 43.9 Å². The van der Waals surface area contributed by atoms with E-state index in [4.69, 9.17) is 0 Å². The van der Waals surface area contributed by atoms with Gasteiger partial charge in [0, 0.05) is 0 Å². The van der Waals surface area contributed by atoms with Gasteiger partial charge in [-0.05, 0) is 29.9 Å². The van der Waals surface area contributed by atoms with E-state index in [1.54, 1.807) is 5.19 Å². The Morgan fingerprint density at radius 1 is 1.20 bits per heavy atom. The van der Waals surface area contributed by atoms with Gasteiger partial charge in [0.25, 0.3) is 0 Å². The van der Waals surface area contributed by atoms with Crippen molar-refractivity contribution in [2.45, 2.75) is 32.4 Å². The zero-order valence-corrected chi connectivity index (χ0v) is 10.9. The molecular formula is C14H20Si. The highest BCUT2D eigenvalue weighted by atomic mass is 28.3. The Balaban J connectivity index is 2.12. The number of hydrogen-bond acceptors (Lipinski definition) is 0. The lowest BCUT2D eigenvalue weighted by Crippen LogP contribution is -2.22. The molecule has 0 saturated heterocycles. The highest BCUT2D eigenvalue weighted by molar-refractivity contribution is 6.70. The van der Waals surface area contributed by atoms with Gasteiger partial charge in [0.2, 0.25) is 0 Å². The maximum atomic E-state index is 4.23. The number of allylic oxidation sites excluding steroid dienone is 1. The van der Waals surface area contributed by atoms with Gasteiger partial charge in [0.1, 0.15) is 0 Å². The summed E-state index contributed by atoms with van der Waals surface area (Å²) in [6.45, 7) is 8.97. The lowest BCUT2D eigenvalue weighted by Gasteiger charge is -2.27. The third-order valence-electron chi connectivity index (χ3n) is 3.55. The highest BCUT2D eigenvalue weighted by Gasteiger charge is 2.21. The van der Waals surface area contributed by atoms with Crippen molar-refractivity contribution in [3.8, 4) is 0 Å². The van der Waals surface area contributed by atoms with Crippen LogP contribution in [0.3, 0.4) is 0 Å². The summed E-state index contributed by atoms with van der Waals surface area (Å²) < 4.78 is 0. The molecule has 1 fully saturated rings. The first-order valence-corrected chi connectivity index (χ1v) is 8.86. The Morgan fingerprint density at radius 3 is 2.20 bits per heavy atom. The van der Waals surface area contributed by atoms with Gasteiger partial charge in [-0.2, -0.15) is 0 Å². The number of rotatable bonds is 3. The van der Waals surface area contributed by atoms with E-state index in [0.717, 1.165) is 5.92 Å². The van der Waals surface area contributed by atoms with Gasteiger partial charge in [0.05, 0.1) is 8.80 Å². The van der Waals surface area contributed by atoms with Crippen molar-refractivity contribution < 1.29 is 0 Å². The molecule has 0 aromatic heterocycles. The molecule has 1 aromatic carbocycles. The fraction of sp³-hybridized carbons (Fsp3) is 0.429. The van der Waals surface area contributed by atoms with Gasteiger partial charge in [-0.15, -0.1) is 0 Å². The third kappa shape index (κ3) is 2.23. The van der Waals surface area contributed by atoms with Crippen LogP contribution in [-0.4, -0.2) is 8.80 Å². The largest absolute Gasteiger partial charge is 0.0950 e. The quantitative estimate of drug-likeness (QED) is 0.681. The SMILES string of the molecule is C=C(c1ccc([SiH](C)C)cc1)C1CCC1. The predicted molar refractivity (Wildman–Crippen MR) is 71.3 cm³/mol. The molecule has 1 aliphatic rings. The Hall–Kier alpha value is -0.823. The first-order valence-electron chi connectivity index (χ1n) is 5.97. The van der Waals surface area contributed by atoms with Gasteiger partial charge < -0.3 is 0 Å². The topological polar surface area (TPSA) is 0 Å². The molecule has 0 radical (unpaired) electrons. The maximum Gasteiger partial charge on any atom is 0.0647 e. The summed E-state index contributed by atoms with van der Waals surface area (Å²) in [5.74, 6) is 0.771. The van der Waals surface area contributed by atoms with E-state index in [0.29, 0.717) is 0 Å². The second kappa shape index (κ2) is 4.36. The fourth-order valence-electron chi connectivity index (χ4n) is 2.07. The molecular weight excluding hydrogens is 196 g/mol. The van der Waals surface area contributed by atoms with Crippen molar-refractivity contribution in [2.75, 3.05) is 0 Å². The summed E-state index contributed by atoms with van der Waals surface area (Å²) in [5, 5.41) is 1.56. The van der Waals surface area contributed by atoms with Crippen LogP contribution in [0.1, 0.15) is 24.8 Å². The van der Waals surface area contributed by atoms with Crippen molar-refractivity contribution in [3.05, 3.63) is 36.4 Å². The summed E-state index contributed by atoms with van der Waals surface area (Å²) in [7, 11) is -0.628. The molecule has 80 valence electrons. The molecule has 0 atom stereocenters. The zero-order valence-electron chi connectivity index (χ0n) is 9.79. The van der Waals surface area contributed by atoms with E-state index in [9.17, 15) is 0 Å². The maximum absolute atomic E-state index is 4.23. The van der Waals surface area contributed by atoms with Crippen molar-refractivity contribution in [3.63, 3.8) is 0 Å². The molecule has 0 amide bonds. The number of hydrogen-bond donors (Lipinski definition) is 0. The average Bonchev–Trinajstić information content (AvgIpc) is 2.15. The van der Waals surface area contributed by atoms with Crippen molar-refractivity contribution >= 4 is 19.6 Å². The van der Waals surface area contributed by atoms with Gasteiger partial charge in [-0.3, -0.25) is 0 Å². The molecule has 1 saturated carbocycles. The zero-order chi connectivity index (χ0) is 10.8. The summed E-state index contributed by atoms with van der Waals surface area (Å²) >= 11 is 0. The van der Waals surface area contributed by atoms with E-state index >= 15 is 0 Å². The van der Waals surface area contributed by atoms with Crippen LogP contribution in [0.25, 0.3) is 5.57 Å². The van der Waals surface area contributed by atoms with Crippen LogP contribution in [0, 0.1) is 5.92 Å². The monoisotopic (exact) mass is 216 g/mol. The third-order valence-corrected chi connectivity index (χ3v) is 5.26. The highest BCUT2D eigenvalue weighted by Crippen LogP contribution is 2.37. The minimum atomic E-state index is -0.628. The average molecular weight is 216 g/mol. The Morgan fingerprint density at radius 2 is 1.80 bits per heavy atom. The molecule has 0 unspecified atom stereocenters. The second-order valence-electron chi connectivity index (χ2n) is 4.93. The molecule has 0 bridgehead atoms. The van der Waals surface area contributed by atoms with E-state index in [1.165, 1.54) is 30.4 Å². The Kier molecular flexibility index (Phi) is 3.10. The second-order valence-corrected chi connectivity index (χ2v) is 7.91. The van der Waals surface area contributed by atoms with Gasteiger partial charge in [0.15, 0.2) is 0 Å². The van der Waals surface area contributed by atoms with Crippen LogP contribution in [0.15, 0.2) is 30.8 Å². The predicted octanol–water partition coefficient (Wildman–Crippen LogP) is 3.19. The van der Waals surface area contributed by atoms with Crippen molar-refractivity contribution in [1.29, 1.82) is 0 Å². The van der Waals surface area contributed by atoms with Crippen molar-refractivity contribution in [2.24, 2.45) is 5.92 Å². The summed E-state index contributed by atoms with van der Waals surface area (Å²) in [5.41, 5.74) is 2.72. The Labute approximate surface area is 94.6 Å². The normalized spacial score (nSPS) is 16.5. The summed E-state index contributed by atoms with van der Waals surface area (Å²) in [6.07, 6.45) is 4.08. The molecule has 0 aliphatic heterocycles. The summed E-state index contributed by atoms with van der Waals surface area (Å²) in [6, 6.07) is 9.14. The molecule has 1 heteroatoms. The smallest absolute Gasteiger partial charge is 0.0647 e. The van der Waals surface area contributed by atoms with Crippen LogP contribution >= 0.6 is 0 Å². The minimum Gasteiger partial charge on any atom is -0.0950 e. The molecule has 1 aliphatic carbocycles. The van der Waals surface area contributed by atoms with E-state index < -0.39 is 8.80 Å². The standard InChI is InChI=1S/C14H20Si/c1-11(12-5-4-6-12)13-7-9-14(10-8-13)15(2)3/h7-10,12,15H,1,4-6H2,2-3H3. The molecule has 1 aromatic rings. The van der Waals surface area contributed by atoms with Crippen LogP contribution in [0.5, 0.6) is 0 Å². The van der Waals surface area contributed by atoms with Gasteiger partial charge >= 0.3 is 0 Å². The first kappa shape index (κ1) is 10.7. The molecule has 0 heterocycles. The van der Waals surface area contributed by atoms with Crippen LogP contribution in [0.4, 0.5) is 0 Å². The van der Waals surface area contributed by atoms with Gasteiger partial charge in [-0.25, -0.2) is 0 Å². The first-order chi connectivity index (χ1) is 7.18. The molecule has 0 N–H and O–H groups in total. The van der Waals surface area contributed by atoms with Gasteiger partial charge in [-0.1, -0.05) is 55.5 Å². The van der Waals surface area contributed by atoms with Crippen LogP contribution in [-0.2, 0) is 0 Å². The molecule has 15 heavy (non-hydrogen) atoms. The molecule has 2 rings (SSSR count). The van der Waals surface area contributed by atoms with Crippen LogP contribution < -0.4 is 5.19 Å². The fourth-order valence-corrected chi connectivity index (χ4v) is 3.04.